The predicted octanol–water partition coefficient (Wildman–Crippen LogP) is 3.36. The van der Waals surface area contributed by atoms with Crippen LogP contribution in [0.5, 0.6) is 11.5 Å². The molecule has 0 saturated carbocycles. The Morgan fingerprint density at radius 1 is 1.18 bits per heavy atom. The Hall–Kier alpha value is -3.79. The molecular formula is C28H29N3O6S. The molecule has 0 amide bonds. The van der Waals surface area contributed by atoms with Gasteiger partial charge in [-0.2, -0.15) is 0 Å². The lowest BCUT2D eigenvalue weighted by Gasteiger charge is -2.29. The van der Waals surface area contributed by atoms with Gasteiger partial charge in [-0.05, 0) is 56.4 Å². The fourth-order valence-electron chi connectivity index (χ4n) is 5.14. The van der Waals surface area contributed by atoms with Gasteiger partial charge in [-0.1, -0.05) is 24.3 Å². The molecule has 38 heavy (non-hydrogen) atoms. The monoisotopic (exact) mass is 535 g/mol. The molecule has 5 heterocycles. The van der Waals surface area contributed by atoms with Gasteiger partial charge in [0.05, 0.1) is 28.5 Å². The Morgan fingerprint density at radius 2 is 1.97 bits per heavy atom. The average Bonchev–Trinajstić information content (AvgIpc) is 3.63. The molecule has 0 aliphatic carbocycles. The molecule has 9 nitrogen and oxygen atoms in total. The normalized spacial score (nSPS) is 19.5. The highest BCUT2D eigenvalue weighted by molar-refractivity contribution is 7.07. The quantitative estimate of drug-likeness (QED) is 0.463. The molecule has 0 N–H and O–H groups in total. The first-order valence-electron chi connectivity index (χ1n) is 12.9. The zero-order valence-corrected chi connectivity index (χ0v) is 22.4. The zero-order valence-electron chi connectivity index (χ0n) is 21.6. The number of anilines is 1. The van der Waals surface area contributed by atoms with Crippen molar-refractivity contribution in [2.24, 2.45) is 10.9 Å². The molecule has 3 aliphatic rings. The maximum absolute atomic E-state index is 13.8. The summed E-state index contributed by atoms with van der Waals surface area (Å²) in [5, 5.41) is 0. The summed E-state index contributed by atoms with van der Waals surface area (Å²) in [4.78, 5) is 34.3. The summed E-state index contributed by atoms with van der Waals surface area (Å²) in [5.41, 5.74) is 1.29. The van der Waals surface area contributed by atoms with E-state index in [2.05, 4.69) is 16.8 Å². The van der Waals surface area contributed by atoms with Crippen molar-refractivity contribution in [2.75, 3.05) is 31.4 Å². The molecule has 1 fully saturated rings. The van der Waals surface area contributed by atoms with E-state index in [0.717, 1.165) is 37.7 Å². The van der Waals surface area contributed by atoms with Crippen molar-refractivity contribution in [1.29, 1.82) is 0 Å². The molecule has 0 unspecified atom stereocenters. The molecule has 0 radical (unpaired) electrons. The van der Waals surface area contributed by atoms with Crippen LogP contribution in [0.1, 0.15) is 51.0 Å². The van der Waals surface area contributed by atoms with Crippen LogP contribution in [0.25, 0.3) is 6.08 Å². The third-order valence-electron chi connectivity index (χ3n) is 7.21. The van der Waals surface area contributed by atoms with Gasteiger partial charge < -0.3 is 23.5 Å². The number of carbonyl (C=O) groups excluding carboxylic acids is 1. The number of piperidine rings is 1. The second-order valence-corrected chi connectivity index (χ2v) is 10.8. The molecule has 0 spiro atoms. The van der Waals surface area contributed by atoms with Gasteiger partial charge in [0.2, 0.25) is 6.79 Å². The van der Waals surface area contributed by atoms with E-state index in [0.29, 0.717) is 43.4 Å². The zero-order chi connectivity index (χ0) is 26.4. The van der Waals surface area contributed by atoms with Gasteiger partial charge in [0.1, 0.15) is 5.76 Å². The van der Waals surface area contributed by atoms with Crippen molar-refractivity contribution in [3.63, 3.8) is 0 Å². The molecule has 2 aromatic heterocycles. The summed E-state index contributed by atoms with van der Waals surface area (Å²) < 4.78 is 24.5. The summed E-state index contributed by atoms with van der Waals surface area (Å²) in [5.74, 6) is 2.83. The number of carbonyl (C=O) groups is 1. The molecule has 3 aromatic rings. The van der Waals surface area contributed by atoms with E-state index in [-0.39, 0.29) is 19.0 Å². The van der Waals surface area contributed by atoms with Crippen LogP contribution in [0.4, 0.5) is 5.88 Å². The second kappa shape index (κ2) is 9.83. The molecular weight excluding hydrogens is 506 g/mol. The van der Waals surface area contributed by atoms with Crippen molar-refractivity contribution in [3.05, 3.63) is 72.6 Å². The van der Waals surface area contributed by atoms with E-state index >= 15 is 0 Å². The van der Waals surface area contributed by atoms with Crippen molar-refractivity contribution in [2.45, 2.75) is 39.7 Å². The SMILES string of the molecule is CCOC(=O)C1=C(C)N=c2s/c(=C/c3ccc(N4CCC(C)CC4)o3)c(=O)n2[C@H]1c1ccc2c(c1)OCO2. The lowest BCUT2D eigenvalue weighted by molar-refractivity contribution is -0.139. The number of furan rings is 1. The minimum atomic E-state index is -0.718. The highest BCUT2D eigenvalue weighted by atomic mass is 32.1. The van der Waals surface area contributed by atoms with Crippen LogP contribution in [-0.4, -0.2) is 37.0 Å². The van der Waals surface area contributed by atoms with E-state index in [1.807, 2.05) is 18.2 Å². The topological polar surface area (TPSA) is 95.5 Å². The van der Waals surface area contributed by atoms with Gasteiger partial charge in [0, 0.05) is 25.2 Å². The summed E-state index contributed by atoms with van der Waals surface area (Å²) >= 11 is 1.27. The molecule has 1 aromatic carbocycles. The molecule has 3 aliphatic heterocycles. The van der Waals surface area contributed by atoms with E-state index in [4.69, 9.17) is 18.6 Å². The van der Waals surface area contributed by atoms with Gasteiger partial charge in [0.15, 0.2) is 22.2 Å². The Bertz CT molecular complexity index is 1610. The predicted molar refractivity (Wildman–Crippen MR) is 142 cm³/mol. The smallest absolute Gasteiger partial charge is 0.338 e. The number of fused-ring (bicyclic) bond motifs is 2. The Morgan fingerprint density at radius 3 is 2.76 bits per heavy atom. The van der Waals surface area contributed by atoms with Gasteiger partial charge in [-0.25, -0.2) is 9.79 Å². The Kier molecular flexibility index (Phi) is 6.35. The van der Waals surface area contributed by atoms with E-state index < -0.39 is 12.0 Å². The maximum Gasteiger partial charge on any atom is 0.338 e. The average molecular weight is 536 g/mol. The Labute approximate surface area is 223 Å². The van der Waals surface area contributed by atoms with Crippen molar-refractivity contribution in [1.82, 2.24) is 4.57 Å². The summed E-state index contributed by atoms with van der Waals surface area (Å²) in [6.07, 6.45) is 4.02. The van der Waals surface area contributed by atoms with E-state index in [9.17, 15) is 9.59 Å². The second-order valence-electron chi connectivity index (χ2n) is 9.76. The number of rotatable bonds is 5. The Balaban J connectivity index is 1.43. The minimum Gasteiger partial charge on any atom is -0.463 e. The first-order valence-corrected chi connectivity index (χ1v) is 13.7. The van der Waals surface area contributed by atoms with Gasteiger partial charge in [-0.15, -0.1) is 0 Å². The number of thiazole rings is 1. The van der Waals surface area contributed by atoms with Crippen LogP contribution in [0.15, 0.2) is 55.8 Å². The van der Waals surface area contributed by atoms with Crippen molar-refractivity contribution in [3.8, 4) is 11.5 Å². The number of ether oxygens (including phenoxy) is 3. The van der Waals surface area contributed by atoms with Crippen LogP contribution in [0, 0.1) is 5.92 Å². The number of hydrogen-bond donors (Lipinski definition) is 0. The molecule has 1 saturated heterocycles. The number of allylic oxidation sites excluding steroid dienone is 1. The number of esters is 1. The lowest BCUT2D eigenvalue weighted by atomic mass is 9.95. The number of benzene rings is 1. The van der Waals surface area contributed by atoms with Crippen molar-refractivity contribution >= 4 is 29.3 Å². The highest BCUT2D eigenvalue weighted by Crippen LogP contribution is 2.38. The number of hydrogen-bond acceptors (Lipinski definition) is 9. The molecule has 198 valence electrons. The third-order valence-corrected chi connectivity index (χ3v) is 8.19. The van der Waals surface area contributed by atoms with E-state index in [1.54, 1.807) is 36.6 Å². The van der Waals surface area contributed by atoms with Crippen LogP contribution in [-0.2, 0) is 9.53 Å². The van der Waals surface area contributed by atoms with Gasteiger partial charge >= 0.3 is 5.97 Å². The van der Waals surface area contributed by atoms with Gasteiger partial charge in [0.25, 0.3) is 5.56 Å². The van der Waals surface area contributed by atoms with Crippen LogP contribution in [0.2, 0.25) is 0 Å². The van der Waals surface area contributed by atoms with Crippen LogP contribution < -0.4 is 29.3 Å². The lowest BCUT2D eigenvalue weighted by Crippen LogP contribution is -2.39. The van der Waals surface area contributed by atoms with E-state index in [1.165, 1.54) is 11.3 Å². The first-order chi connectivity index (χ1) is 18.4. The fraction of sp³-hybridized carbons (Fsp3) is 0.393. The fourth-order valence-corrected chi connectivity index (χ4v) is 6.16. The summed E-state index contributed by atoms with van der Waals surface area (Å²) in [6.45, 7) is 8.05. The third kappa shape index (κ3) is 4.32. The summed E-state index contributed by atoms with van der Waals surface area (Å²) in [6, 6.07) is 8.56. The number of aromatic nitrogens is 1. The van der Waals surface area contributed by atoms with Crippen LogP contribution >= 0.6 is 11.3 Å². The number of nitrogens with zero attached hydrogens (tertiary/aromatic N) is 3. The standard InChI is InChI=1S/C28H29N3O6S/c1-4-34-27(33)24-17(3)29-28-31(25(24)18-5-7-20-21(13-18)36-15-35-20)26(32)22(38-28)14-19-6-8-23(37-19)30-11-9-16(2)10-12-30/h5-8,13-14,16,25H,4,9-12,15H2,1-3H3/b22-14+/t25-/m0/s1. The van der Waals surface area contributed by atoms with Crippen molar-refractivity contribution < 1.29 is 23.4 Å². The largest absolute Gasteiger partial charge is 0.463 e. The minimum absolute atomic E-state index is 0.128. The summed E-state index contributed by atoms with van der Waals surface area (Å²) in [7, 11) is 0. The molecule has 1 atom stereocenters. The highest BCUT2D eigenvalue weighted by Gasteiger charge is 2.34. The van der Waals surface area contributed by atoms with Gasteiger partial charge in [-0.3, -0.25) is 9.36 Å². The first kappa shape index (κ1) is 24.5. The molecule has 6 rings (SSSR count). The molecule has 10 heteroatoms. The van der Waals surface area contributed by atoms with Crippen LogP contribution in [0.3, 0.4) is 0 Å². The maximum atomic E-state index is 13.8. The molecule has 0 bridgehead atoms.